The first-order valence-corrected chi connectivity index (χ1v) is 8.15. The van der Waals surface area contributed by atoms with Crippen LogP contribution in [0.1, 0.15) is 35.4 Å². The number of ether oxygens (including phenoxy) is 1. The van der Waals surface area contributed by atoms with Crippen molar-refractivity contribution >= 4 is 33.0 Å². The molecule has 0 unspecified atom stereocenters. The highest BCUT2D eigenvalue weighted by molar-refractivity contribution is 7.21. The van der Waals surface area contributed by atoms with Crippen molar-refractivity contribution in [2.75, 3.05) is 19.4 Å². The summed E-state index contributed by atoms with van der Waals surface area (Å²) in [6, 6.07) is 5.74. The number of methoxy groups -OCH3 is 1. The van der Waals surface area contributed by atoms with E-state index in [4.69, 9.17) is 10.5 Å². The van der Waals surface area contributed by atoms with Gasteiger partial charge in [-0.05, 0) is 24.5 Å². The second kappa shape index (κ2) is 5.93. The van der Waals surface area contributed by atoms with Gasteiger partial charge in [0, 0.05) is 11.2 Å². The summed E-state index contributed by atoms with van der Waals surface area (Å²) in [5.41, 5.74) is 6.68. The van der Waals surface area contributed by atoms with Gasteiger partial charge in [0.05, 0.1) is 18.2 Å². The Hall–Kier alpha value is -1.75. The van der Waals surface area contributed by atoms with Crippen molar-refractivity contribution in [3.63, 3.8) is 0 Å². The van der Waals surface area contributed by atoms with Crippen LogP contribution >= 0.6 is 11.3 Å². The van der Waals surface area contributed by atoms with Gasteiger partial charge in [0.25, 0.3) is 5.91 Å². The van der Waals surface area contributed by atoms with Gasteiger partial charge in [-0.1, -0.05) is 25.3 Å². The van der Waals surface area contributed by atoms with Crippen LogP contribution < -0.4 is 15.8 Å². The Labute approximate surface area is 128 Å². The molecule has 112 valence electrons. The number of hydrogen-bond donors (Lipinski definition) is 2. The van der Waals surface area contributed by atoms with E-state index >= 15 is 0 Å². The van der Waals surface area contributed by atoms with Gasteiger partial charge in [-0.2, -0.15) is 0 Å². The lowest BCUT2D eigenvalue weighted by Gasteiger charge is -2.25. The lowest BCUT2D eigenvalue weighted by atomic mass is 9.83. The number of carbonyl (C=O) groups is 1. The SMILES string of the molecule is COc1cccc2sc(C(=O)NCCC3CCC3)c(N)c12. The van der Waals surface area contributed by atoms with Crippen LogP contribution in [0.25, 0.3) is 10.1 Å². The molecule has 1 fully saturated rings. The van der Waals surface area contributed by atoms with E-state index in [0.717, 1.165) is 34.7 Å². The molecule has 3 rings (SSSR count). The van der Waals surface area contributed by atoms with Crippen molar-refractivity contribution < 1.29 is 9.53 Å². The molecule has 4 nitrogen and oxygen atoms in total. The number of anilines is 1. The van der Waals surface area contributed by atoms with Gasteiger partial charge in [-0.15, -0.1) is 11.3 Å². The minimum Gasteiger partial charge on any atom is -0.496 e. The number of rotatable bonds is 5. The van der Waals surface area contributed by atoms with E-state index in [-0.39, 0.29) is 5.91 Å². The molecule has 2 aromatic rings. The standard InChI is InChI=1S/C16H20N2O2S/c1-20-11-6-3-7-12-13(11)14(17)15(21-12)16(19)18-9-8-10-4-2-5-10/h3,6-7,10H,2,4-5,8-9,17H2,1H3,(H,18,19). The number of thiophene rings is 1. The summed E-state index contributed by atoms with van der Waals surface area (Å²) in [7, 11) is 1.62. The zero-order valence-corrected chi connectivity index (χ0v) is 13.0. The first-order chi connectivity index (χ1) is 10.2. The molecule has 1 aliphatic carbocycles. The quantitative estimate of drug-likeness (QED) is 0.889. The Morgan fingerprint density at radius 3 is 2.95 bits per heavy atom. The van der Waals surface area contributed by atoms with Gasteiger partial charge in [0.1, 0.15) is 10.6 Å². The molecule has 0 atom stereocenters. The normalized spacial score (nSPS) is 14.9. The molecule has 1 heterocycles. The zero-order chi connectivity index (χ0) is 14.8. The Morgan fingerprint density at radius 2 is 2.29 bits per heavy atom. The molecule has 21 heavy (non-hydrogen) atoms. The topological polar surface area (TPSA) is 64.3 Å². The number of nitrogen functional groups attached to an aromatic ring is 1. The largest absolute Gasteiger partial charge is 0.496 e. The van der Waals surface area contributed by atoms with Crippen LogP contribution in [0.2, 0.25) is 0 Å². The molecule has 5 heteroatoms. The smallest absolute Gasteiger partial charge is 0.263 e. The van der Waals surface area contributed by atoms with Crippen LogP contribution in [-0.4, -0.2) is 19.6 Å². The fourth-order valence-corrected chi connectivity index (χ4v) is 3.79. The highest BCUT2D eigenvalue weighted by atomic mass is 32.1. The molecule has 0 bridgehead atoms. The van der Waals surface area contributed by atoms with Crippen molar-refractivity contribution in [2.45, 2.75) is 25.7 Å². The Balaban J connectivity index is 1.76. The molecule has 1 aromatic carbocycles. The fourth-order valence-electron chi connectivity index (χ4n) is 2.73. The Bertz CT molecular complexity index is 662. The van der Waals surface area contributed by atoms with Crippen molar-refractivity contribution in [2.24, 2.45) is 5.92 Å². The van der Waals surface area contributed by atoms with E-state index in [1.807, 2.05) is 18.2 Å². The van der Waals surface area contributed by atoms with E-state index in [9.17, 15) is 4.79 Å². The van der Waals surface area contributed by atoms with Crippen molar-refractivity contribution in [3.8, 4) is 5.75 Å². The third-order valence-corrected chi connectivity index (χ3v) is 5.37. The van der Waals surface area contributed by atoms with Gasteiger partial charge >= 0.3 is 0 Å². The van der Waals surface area contributed by atoms with Gasteiger partial charge in [0.2, 0.25) is 0 Å². The van der Waals surface area contributed by atoms with Crippen molar-refractivity contribution in [1.82, 2.24) is 5.32 Å². The van der Waals surface area contributed by atoms with Gasteiger partial charge in [-0.25, -0.2) is 0 Å². The summed E-state index contributed by atoms with van der Waals surface area (Å²) in [5, 5.41) is 3.83. The van der Waals surface area contributed by atoms with Crippen LogP contribution in [0.15, 0.2) is 18.2 Å². The van der Waals surface area contributed by atoms with Crippen LogP contribution in [-0.2, 0) is 0 Å². The van der Waals surface area contributed by atoms with Gasteiger partial charge in [0.15, 0.2) is 0 Å². The molecule has 0 radical (unpaired) electrons. The minimum absolute atomic E-state index is 0.0740. The van der Waals surface area contributed by atoms with E-state index in [0.29, 0.717) is 10.6 Å². The predicted octanol–water partition coefficient (Wildman–Crippen LogP) is 3.41. The highest BCUT2D eigenvalue weighted by Crippen LogP contribution is 2.39. The van der Waals surface area contributed by atoms with E-state index in [2.05, 4.69) is 5.32 Å². The third kappa shape index (κ3) is 2.70. The maximum Gasteiger partial charge on any atom is 0.263 e. The first-order valence-electron chi connectivity index (χ1n) is 7.34. The molecule has 0 spiro atoms. The summed E-state index contributed by atoms with van der Waals surface area (Å²) >= 11 is 1.42. The van der Waals surface area contributed by atoms with Crippen LogP contribution in [0.3, 0.4) is 0 Å². The molecule has 0 saturated heterocycles. The summed E-state index contributed by atoms with van der Waals surface area (Å²) in [5.74, 6) is 1.44. The summed E-state index contributed by atoms with van der Waals surface area (Å²) in [6.07, 6.45) is 5.01. The monoisotopic (exact) mass is 304 g/mol. The average Bonchev–Trinajstić information content (AvgIpc) is 2.79. The Kier molecular flexibility index (Phi) is 4.01. The van der Waals surface area contributed by atoms with E-state index in [1.54, 1.807) is 7.11 Å². The van der Waals surface area contributed by atoms with Crippen LogP contribution in [0.4, 0.5) is 5.69 Å². The number of carbonyl (C=O) groups excluding carboxylic acids is 1. The molecule has 3 N–H and O–H groups in total. The van der Waals surface area contributed by atoms with Crippen molar-refractivity contribution in [1.29, 1.82) is 0 Å². The van der Waals surface area contributed by atoms with Crippen molar-refractivity contribution in [3.05, 3.63) is 23.1 Å². The predicted molar refractivity (Wildman–Crippen MR) is 87.1 cm³/mol. The lowest BCUT2D eigenvalue weighted by molar-refractivity contribution is 0.0954. The molecule has 0 aliphatic heterocycles. The number of hydrogen-bond acceptors (Lipinski definition) is 4. The summed E-state index contributed by atoms with van der Waals surface area (Å²) in [4.78, 5) is 12.9. The molecule has 1 saturated carbocycles. The zero-order valence-electron chi connectivity index (χ0n) is 12.1. The number of fused-ring (bicyclic) bond motifs is 1. The number of nitrogens with two attached hydrogens (primary N) is 1. The molecular weight excluding hydrogens is 284 g/mol. The number of benzene rings is 1. The van der Waals surface area contributed by atoms with Gasteiger partial charge in [-0.3, -0.25) is 4.79 Å². The van der Waals surface area contributed by atoms with Crippen LogP contribution in [0.5, 0.6) is 5.75 Å². The maximum absolute atomic E-state index is 12.3. The molecule has 1 aliphatic rings. The Morgan fingerprint density at radius 1 is 1.48 bits per heavy atom. The second-order valence-corrected chi connectivity index (χ2v) is 6.57. The highest BCUT2D eigenvalue weighted by Gasteiger charge is 2.20. The third-order valence-electron chi connectivity index (χ3n) is 4.20. The maximum atomic E-state index is 12.3. The van der Waals surface area contributed by atoms with Crippen LogP contribution in [0, 0.1) is 5.92 Å². The molecular formula is C16H20N2O2S. The summed E-state index contributed by atoms with van der Waals surface area (Å²) in [6.45, 7) is 0.730. The lowest BCUT2D eigenvalue weighted by Crippen LogP contribution is -2.27. The second-order valence-electron chi connectivity index (χ2n) is 5.52. The first kappa shape index (κ1) is 14.2. The van der Waals surface area contributed by atoms with Gasteiger partial charge < -0.3 is 15.8 Å². The van der Waals surface area contributed by atoms with E-state index in [1.165, 1.54) is 30.6 Å². The van der Waals surface area contributed by atoms with E-state index < -0.39 is 0 Å². The number of amides is 1. The minimum atomic E-state index is -0.0740. The number of nitrogens with one attached hydrogen (secondary N) is 1. The molecule has 1 aromatic heterocycles. The fraction of sp³-hybridized carbons (Fsp3) is 0.438. The molecule has 1 amide bonds. The summed E-state index contributed by atoms with van der Waals surface area (Å²) < 4.78 is 6.31. The average molecular weight is 304 g/mol.